The van der Waals surface area contributed by atoms with Crippen LogP contribution in [0.3, 0.4) is 0 Å². The maximum Gasteiger partial charge on any atom is 0.190 e. The van der Waals surface area contributed by atoms with E-state index in [1.807, 2.05) is 7.05 Å². The van der Waals surface area contributed by atoms with Crippen LogP contribution in [0, 0.1) is 5.92 Å². The van der Waals surface area contributed by atoms with E-state index in [1.54, 1.807) is 7.05 Å². The second-order valence-corrected chi connectivity index (χ2v) is 4.71. The molecule has 1 unspecified atom stereocenters. The lowest BCUT2D eigenvalue weighted by Crippen LogP contribution is -2.47. The van der Waals surface area contributed by atoms with E-state index in [9.17, 15) is 0 Å². The van der Waals surface area contributed by atoms with Gasteiger partial charge in [-0.15, -0.1) is 24.0 Å². The predicted molar refractivity (Wildman–Crippen MR) is 92.0 cm³/mol. The Morgan fingerprint density at radius 3 is 2.11 bits per heavy atom. The third-order valence-electron chi connectivity index (χ3n) is 3.04. The van der Waals surface area contributed by atoms with Gasteiger partial charge in [0.2, 0.25) is 0 Å². The fourth-order valence-corrected chi connectivity index (χ4v) is 2.14. The number of aliphatic imine (C=N–C) groups is 1. The molecule has 0 saturated carbocycles. The van der Waals surface area contributed by atoms with Gasteiger partial charge in [-0.25, -0.2) is 0 Å². The number of hydrogen-bond acceptors (Lipinski definition) is 2. The Hall–Kier alpha value is -0.0400. The summed E-state index contributed by atoms with van der Waals surface area (Å²) in [7, 11) is 3.69. The van der Waals surface area contributed by atoms with E-state index < -0.39 is 0 Å². The molecule has 0 bridgehead atoms. The summed E-state index contributed by atoms with van der Waals surface area (Å²) < 4.78 is 0. The molecule has 5 heteroatoms. The van der Waals surface area contributed by atoms with Crippen molar-refractivity contribution in [2.24, 2.45) is 10.9 Å². The topological polar surface area (TPSA) is 39.7 Å². The summed E-state index contributed by atoms with van der Waals surface area (Å²) in [5, 5.41) is 6.43. The highest BCUT2D eigenvalue weighted by atomic mass is 127. The summed E-state index contributed by atoms with van der Waals surface area (Å²) in [6.45, 7) is 12.2. The van der Waals surface area contributed by atoms with Crippen molar-refractivity contribution in [1.29, 1.82) is 0 Å². The zero-order valence-corrected chi connectivity index (χ0v) is 15.1. The molecule has 0 radical (unpaired) electrons. The van der Waals surface area contributed by atoms with E-state index in [4.69, 9.17) is 0 Å². The highest BCUT2D eigenvalue weighted by molar-refractivity contribution is 14.0. The number of nitrogens with zero attached hydrogens (tertiary/aromatic N) is 2. The summed E-state index contributed by atoms with van der Waals surface area (Å²) in [4.78, 5) is 6.65. The SMILES string of the molecule is CCN(CC)C(CNC(=NC)NC)CC(C)C.I. The summed E-state index contributed by atoms with van der Waals surface area (Å²) in [5.41, 5.74) is 0. The molecule has 0 aliphatic heterocycles. The average Bonchev–Trinajstić information content (AvgIpc) is 2.30. The first kappa shape index (κ1) is 20.3. The van der Waals surface area contributed by atoms with E-state index in [-0.39, 0.29) is 24.0 Å². The quantitative estimate of drug-likeness (QED) is 0.410. The van der Waals surface area contributed by atoms with Crippen LogP contribution in [0.2, 0.25) is 0 Å². The molecule has 0 amide bonds. The van der Waals surface area contributed by atoms with Gasteiger partial charge in [0.15, 0.2) is 5.96 Å². The number of rotatable bonds is 7. The maximum absolute atomic E-state index is 4.14. The second-order valence-electron chi connectivity index (χ2n) is 4.71. The third-order valence-corrected chi connectivity index (χ3v) is 3.04. The molecule has 0 aliphatic carbocycles. The molecule has 0 aliphatic rings. The van der Waals surface area contributed by atoms with Crippen LogP contribution in [0.25, 0.3) is 0 Å². The molecule has 110 valence electrons. The Morgan fingerprint density at radius 2 is 1.78 bits per heavy atom. The number of nitrogens with one attached hydrogen (secondary N) is 2. The molecule has 0 aromatic rings. The number of halogens is 1. The average molecular weight is 370 g/mol. The zero-order valence-electron chi connectivity index (χ0n) is 12.8. The largest absolute Gasteiger partial charge is 0.359 e. The van der Waals surface area contributed by atoms with E-state index in [1.165, 1.54) is 6.42 Å². The Labute approximate surface area is 130 Å². The van der Waals surface area contributed by atoms with Gasteiger partial charge in [-0.1, -0.05) is 27.7 Å². The molecule has 0 aromatic heterocycles. The summed E-state index contributed by atoms with van der Waals surface area (Å²) in [5.74, 6) is 1.59. The smallest absolute Gasteiger partial charge is 0.190 e. The third kappa shape index (κ3) is 8.13. The summed E-state index contributed by atoms with van der Waals surface area (Å²) in [6, 6.07) is 0.579. The first-order valence-electron chi connectivity index (χ1n) is 6.71. The molecule has 4 nitrogen and oxygen atoms in total. The van der Waals surface area contributed by atoms with Crippen molar-refractivity contribution < 1.29 is 0 Å². The van der Waals surface area contributed by atoms with Gasteiger partial charge in [0.1, 0.15) is 0 Å². The lowest BCUT2D eigenvalue weighted by molar-refractivity contribution is 0.191. The number of guanidine groups is 1. The minimum atomic E-state index is 0. The number of hydrogen-bond donors (Lipinski definition) is 2. The molecule has 0 heterocycles. The van der Waals surface area contributed by atoms with E-state index in [0.717, 1.165) is 31.5 Å². The van der Waals surface area contributed by atoms with Crippen LogP contribution < -0.4 is 10.6 Å². The molecule has 0 aromatic carbocycles. The predicted octanol–water partition coefficient (Wildman–Crippen LogP) is 2.16. The van der Waals surface area contributed by atoms with Gasteiger partial charge in [0, 0.05) is 26.7 Å². The van der Waals surface area contributed by atoms with Crippen LogP contribution in [-0.2, 0) is 0 Å². The van der Waals surface area contributed by atoms with Crippen LogP contribution in [0.15, 0.2) is 4.99 Å². The highest BCUT2D eigenvalue weighted by Crippen LogP contribution is 2.10. The highest BCUT2D eigenvalue weighted by Gasteiger charge is 2.17. The molecule has 0 fully saturated rings. The van der Waals surface area contributed by atoms with Crippen molar-refractivity contribution >= 4 is 29.9 Å². The monoisotopic (exact) mass is 370 g/mol. The molecule has 18 heavy (non-hydrogen) atoms. The van der Waals surface area contributed by atoms with Crippen molar-refractivity contribution in [3.63, 3.8) is 0 Å². The molecule has 0 spiro atoms. The van der Waals surface area contributed by atoms with Gasteiger partial charge in [0.25, 0.3) is 0 Å². The maximum atomic E-state index is 4.14. The summed E-state index contributed by atoms with van der Waals surface area (Å²) >= 11 is 0. The van der Waals surface area contributed by atoms with Gasteiger partial charge < -0.3 is 10.6 Å². The standard InChI is InChI=1S/C13H30N4.HI/c1-7-17(8-2)12(9-11(3)4)10-16-13(14-5)15-6;/h11-12H,7-10H2,1-6H3,(H2,14,15,16);1H. The van der Waals surface area contributed by atoms with Crippen molar-refractivity contribution in [2.45, 2.75) is 40.2 Å². The van der Waals surface area contributed by atoms with Gasteiger partial charge >= 0.3 is 0 Å². The van der Waals surface area contributed by atoms with Crippen molar-refractivity contribution in [3.05, 3.63) is 0 Å². The van der Waals surface area contributed by atoms with Gasteiger partial charge in [-0.2, -0.15) is 0 Å². The number of likely N-dealkylation sites (N-methyl/N-ethyl adjacent to an activating group) is 1. The molecular formula is C13H31IN4. The van der Waals surface area contributed by atoms with Crippen molar-refractivity contribution in [1.82, 2.24) is 15.5 Å². The van der Waals surface area contributed by atoms with Gasteiger partial charge in [0.05, 0.1) is 0 Å². The van der Waals surface area contributed by atoms with Crippen molar-refractivity contribution in [3.8, 4) is 0 Å². The first-order chi connectivity index (χ1) is 8.08. The van der Waals surface area contributed by atoms with Crippen LogP contribution >= 0.6 is 24.0 Å². The minimum Gasteiger partial charge on any atom is -0.359 e. The molecule has 1 atom stereocenters. The van der Waals surface area contributed by atoms with Gasteiger partial charge in [-0.3, -0.25) is 9.89 Å². The van der Waals surface area contributed by atoms with Crippen LogP contribution in [0.1, 0.15) is 34.1 Å². The van der Waals surface area contributed by atoms with Gasteiger partial charge in [-0.05, 0) is 25.4 Å². The second kappa shape index (κ2) is 12.0. The van der Waals surface area contributed by atoms with Crippen LogP contribution in [-0.4, -0.2) is 50.6 Å². The molecular weight excluding hydrogens is 339 g/mol. The fraction of sp³-hybridized carbons (Fsp3) is 0.923. The Kier molecular flexibility index (Phi) is 13.5. The molecule has 0 saturated heterocycles. The summed E-state index contributed by atoms with van der Waals surface area (Å²) in [6.07, 6.45) is 1.22. The van der Waals surface area contributed by atoms with Crippen LogP contribution in [0.5, 0.6) is 0 Å². The lowest BCUT2D eigenvalue weighted by Gasteiger charge is -2.31. The normalized spacial score (nSPS) is 13.4. The zero-order chi connectivity index (χ0) is 13.3. The Balaban J connectivity index is 0. The minimum absolute atomic E-state index is 0. The Morgan fingerprint density at radius 1 is 1.22 bits per heavy atom. The molecule has 0 rings (SSSR count). The lowest BCUT2D eigenvalue weighted by atomic mass is 10.0. The van der Waals surface area contributed by atoms with E-state index >= 15 is 0 Å². The van der Waals surface area contributed by atoms with Crippen LogP contribution in [0.4, 0.5) is 0 Å². The van der Waals surface area contributed by atoms with E-state index in [2.05, 4.69) is 48.2 Å². The van der Waals surface area contributed by atoms with Crippen molar-refractivity contribution in [2.75, 3.05) is 33.7 Å². The fourth-order valence-electron chi connectivity index (χ4n) is 2.14. The van der Waals surface area contributed by atoms with E-state index in [0.29, 0.717) is 6.04 Å². The first-order valence-corrected chi connectivity index (χ1v) is 6.71. The molecule has 2 N–H and O–H groups in total. The Bertz CT molecular complexity index is 215.